The number of rotatable bonds is 6. The van der Waals surface area contributed by atoms with Crippen LogP contribution in [0.25, 0.3) is 0 Å². The lowest BCUT2D eigenvalue weighted by atomic mass is 10.0. The van der Waals surface area contributed by atoms with Crippen molar-refractivity contribution in [1.82, 2.24) is 5.32 Å². The summed E-state index contributed by atoms with van der Waals surface area (Å²) in [6.45, 7) is 6.59. The molecular formula is C19H25NO. The van der Waals surface area contributed by atoms with Crippen LogP contribution < -0.4 is 10.1 Å². The van der Waals surface area contributed by atoms with Crippen LogP contribution in [0, 0.1) is 6.92 Å². The molecule has 0 aromatic heterocycles. The number of hydrogen-bond acceptors (Lipinski definition) is 2. The molecule has 0 bridgehead atoms. The second-order valence-electron chi connectivity index (χ2n) is 5.76. The van der Waals surface area contributed by atoms with E-state index >= 15 is 0 Å². The second kappa shape index (κ2) is 7.28. The fourth-order valence-corrected chi connectivity index (χ4v) is 2.64. The van der Waals surface area contributed by atoms with Gasteiger partial charge in [-0.15, -0.1) is 0 Å². The first kappa shape index (κ1) is 15.6. The Morgan fingerprint density at radius 1 is 1.05 bits per heavy atom. The Balaban J connectivity index is 1.92. The van der Waals surface area contributed by atoms with Crippen LogP contribution in [0.15, 0.2) is 48.5 Å². The smallest absolute Gasteiger partial charge is 0.118 e. The molecule has 0 aliphatic heterocycles. The van der Waals surface area contributed by atoms with Crippen molar-refractivity contribution in [2.75, 3.05) is 7.11 Å². The Hall–Kier alpha value is -1.80. The zero-order chi connectivity index (χ0) is 15.2. The van der Waals surface area contributed by atoms with Gasteiger partial charge in [0.2, 0.25) is 0 Å². The van der Waals surface area contributed by atoms with Gasteiger partial charge in [-0.05, 0) is 50.5 Å². The fraction of sp³-hybridized carbons (Fsp3) is 0.368. The van der Waals surface area contributed by atoms with Crippen molar-refractivity contribution in [3.8, 4) is 5.75 Å². The third-order valence-corrected chi connectivity index (χ3v) is 3.78. The molecule has 21 heavy (non-hydrogen) atoms. The molecule has 2 rings (SSSR count). The maximum atomic E-state index is 5.19. The lowest BCUT2D eigenvalue weighted by Gasteiger charge is -2.21. The zero-order valence-corrected chi connectivity index (χ0v) is 13.4. The maximum absolute atomic E-state index is 5.19. The minimum absolute atomic E-state index is 0.359. The molecule has 0 radical (unpaired) electrons. The van der Waals surface area contributed by atoms with Gasteiger partial charge >= 0.3 is 0 Å². The molecule has 2 heteroatoms. The molecule has 0 aliphatic rings. The van der Waals surface area contributed by atoms with E-state index in [0.717, 1.165) is 12.2 Å². The zero-order valence-electron chi connectivity index (χ0n) is 13.4. The maximum Gasteiger partial charge on any atom is 0.118 e. The normalized spacial score (nSPS) is 13.7. The quantitative estimate of drug-likeness (QED) is 0.854. The summed E-state index contributed by atoms with van der Waals surface area (Å²) >= 11 is 0. The molecule has 112 valence electrons. The molecule has 2 nitrogen and oxygen atoms in total. The van der Waals surface area contributed by atoms with Gasteiger partial charge in [0, 0.05) is 12.1 Å². The summed E-state index contributed by atoms with van der Waals surface area (Å²) < 4.78 is 5.19. The van der Waals surface area contributed by atoms with Crippen molar-refractivity contribution in [3.05, 3.63) is 65.2 Å². The Morgan fingerprint density at radius 3 is 2.38 bits per heavy atom. The number of hydrogen-bond donors (Lipinski definition) is 1. The average Bonchev–Trinajstić information content (AvgIpc) is 2.48. The first-order valence-corrected chi connectivity index (χ1v) is 7.54. The SMILES string of the molecule is COc1ccc(CC(C)N[C@H](C)c2cccc(C)c2)cc1. The van der Waals surface area contributed by atoms with E-state index in [1.165, 1.54) is 16.7 Å². The van der Waals surface area contributed by atoms with Crippen LogP contribution in [0.1, 0.15) is 36.6 Å². The van der Waals surface area contributed by atoms with Crippen molar-refractivity contribution < 1.29 is 4.74 Å². The summed E-state index contributed by atoms with van der Waals surface area (Å²) in [6, 6.07) is 17.8. The third kappa shape index (κ3) is 4.61. The van der Waals surface area contributed by atoms with Crippen LogP contribution in [0.5, 0.6) is 5.75 Å². The van der Waals surface area contributed by atoms with Crippen LogP contribution in [-0.4, -0.2) is 13.2 Å². The summed E-state index contributed by atoms with van der Waals surface area (Å²) in [5, 5.41) is 3.67. The molecule has 0 saturated carbocycles. The highest BCUT2D eigenvalue weighted by atomic mass is 16.5. The van der Waals surface area contributed by atoms with E-state index in [-0.39, 0.29) is 0 Å². The van der Waals surface area contributed by atoms with Crippen LogP contribution in [0.3, 0.4) is 0 Å². The molecule has 0 spiro atoms. The first-order chi connectivity index (χ1) is 10.1. The van der Waals surface area contributed by atoms with Crippen molar-refractivity contribution in [2.45, 2.75) is 39.3 Å². The average molecular weight is 283 g/mol. The van der Waals surface area contributed by atoms with E-state index in [1.807, 2.05) is 12.1 Å². The van der Waals surface area contributed by atoms with Crippen LogP contribution >= 0.6 is 0 Å². The predicted octanol–water partition coefficient (Wildman–Crippen LogP) is 4.29. The van der Waals surface area contributed by atoms with E-state index in [0.29, 0.717) is 12.1 Å². The van der Waals surface area contributed by atoms with Gasteiger partial charge in [0.15, 0.2) is 0 Å². The lowest BCUT2D eigenvalue weighted by Crippen LogP contribution is -2.30. The van der Waals surface area contributed by atoms with Crippen molar-refractivity contribution >= 4 is 0 Å². The summed E-state index contributed by atoms with van der Waals surface area (Å²) in [6.07, 6.45) is 1.01. The highest BCUT2D eigenvalue weighted by Gasteiger charge is 2.10. The summed E-state index contributed by atoms with van der Waals surface area (Å²) in [4.78, 5) is 0. The minimum atomic E-state index is 0.359. The number of benzene rings is 2. The Labute approximate surface area is 128 Å². The molecular weight excluding hydrogens is 258 g/mol. The number of ether oxygens (including phenoxy) is 1. The molecule has 1 N–H and O–H groups in total. The van der Waals surface area contributed by atoms with Gasteiger partial charge in [-0.2, -0.15) is 0 Å². The van der Waals surface area contributed by atoms with E-state index < -0.39 is 0 Å². The molecule has 0 fully saturated rings. The Kier molecular flexibility index (Phi) is 5.40. The van der Waals surface area contributed by atoms with Gasteiger partial charge in [0.1, 0.15) is 5.75 Å². The van der Waals surface area contributed by atoms with Gasteiger partial charge < -0.3 is 10.1 Å². The monoisotopic (exact) mass is 283 g/mol. The summed E-state index contributed by atoms with van der Waals surface area (Å²) in [7, 11) is 1.70. The molecule has 0 amide bonds. The molecule has 2 aromatic rings. The largest absolute Gasteiger partial charge is 0.497 e. The van der Waals surface area contributed by atoms with Crippen molar-refractivity contribution in [1.29, 1.82) is 0 Å². The number of nitrogens with one attached hydrogen (secondary N) is 1. The van der Waals surface area contributed by atoms with Crippen LogP contribution in [0.2, 0.25) is 0 Å². The number of aryl methyl sites for hydroxylation is 1. The highest BCUT2D eigenvalue weighted by molar-refractivity contribution is 5.28. The Bertz CT molecular complexity index is 562. The second-order valence-corrected chi connectivity index (χ2v) is 5.76. The molecule has 0 aliphatic carbocycles. The minimum Gasteiger partial charge on any atom is -0.497 e. The number of methoxy groups -OCH3 is 1. The molecule has 1 unspecified atom stereocenters. The highest BCUT2D eigenvalue weighted by Crippen LogP contribution is 2.16. The van der Waals surface area contributed by atoms with Gasteiger partial charge in [0.25, 0.3) is 0 Å². The van der Waals surface area contributed by atoms with Crippen molar-refractivity contribution in [2.24, 2.45) is 0 Å². The molecule has 0 heterocycles. The van der Waals surface area contributed by atoms with E-state index in [4.69, 9.17) is 4.74 Å². The summed E-state index contributed by atoms with van der Waals surface area (Å²) in [5.41, 5.74) is 3.98. The first-order valence-electron chi connectivity index (χ1n) is 7.54. The van der Waals surface area contributed by atoms with Gasteiger partial charge in [0.05, 0.1) is 7.11 Å². The summed E-state index contributed by atoms with van der Waals surface area (Å²) in [5.74, 6) is 0.910. The standard InChI is InChI=1S/C19H25NO/c1-14-6-5-7-18(12-14)16(3)20-15(2)13-17-8-10-19(21-4)11-9-17/h5-12,15-16,20H,13H2,1-4H3/t15?,16-/m1/s1. The third-order valence-electron chi connectivity index (χ3n) is 3.78. The van der Waals surface area contributed by atoms with Gasteiger partial charge in [-0.25, -0.2) is 0 Å². The Morgan fingerprint density at radius 2 is 1.76 bits per heavy atom. The van der Waals surface area contributed by atoms with Gasteiger partial charge in [-0.3, -0.25) is 0 Å². The lowest BCUT2D eigenvalue weighted by molar-refractivity contribution is 0.414. The van der Waals surface area contributed by atoms with E-state index in [9.17, 15) is 0 Å². The predicted molar refractivity (Wildman–Crippen MR) is 88.9 cm³/mol. The van der Waals surface area contributed by atoms with Crippen LogP contribution in [-0.2, 0) is 6.42 Å². The molecule has 0 saturated heterocycles. The van der Waals surface area contributed by atoms with E-state index in [1.54, 1.807) is 7.11 Å². The molecule has 2 atom stereocenters. The van der Waals surface area contributed by atoms with Crippen molar-refractivity contribution in [3.63, 3.8) is 0 Å². The van der Waals surface area contributed by atoms with E-state index in [2.05, 4.69) is 62.5 Å². The topological polar surface area (TPSA) is 21.3 Å². The van der Waals surface area contributed by atoms with Crippen LogP contribution in [0.4, 0.5) is 0 Å². The fourth-order valence-electron chi connectivity index (χ4n) is 2.64. The molecule has 2 aromatic carbocycles. The van der Waals surface area contributed by atoms with Gasteiger partial charge in [-0.1, -0.05) is 42.0 Å².